The molecule has 1 radical (unpaired) electrons. The van der Waals surface area contributed by atoms with Crippen LogP contribution in [0.4, 0.5) is 0 Å². The first-order chi connectivity index (χ1) is 28.9. The molecule has 3 aromatic heterocycles. The van der Waals surface area contributed by atoms with Crippen LogP contribution in [-0.4, -0.2) is 9.97 Å². The van der Waals surface area contributed by atoms with Gasteiger partial charge in [-0.15, -0.1) is 53.6 Å². The van der Waals surface area contributed by atoms with Gasteiger partial charge < -0.3 is 14.4 Å². The zero-order chi connectivity index (χ0) is 45.0. The normalized spacial score (nSPS) is 19.7. The molecule has 7 aromatic rings. The van der Waals surface area contributed by atoms with Crippen LogP contribution in [0.1, 0.15) is 91.1 Å². The Hall–Kier alpha value is -4.37. The molecular formula is C46H44IrN2O-2. The number of fused-ring (bicyclic) bond motifs is 3. The van der Waals surface area contributed by atoms with E-state index in [9.17, 15) is 1.37 Å². The number of benzene rings is 4. The monoisotopic (exact) mass is 846 g/mol. The Kier molecular flexibility index (Phi) is 6.67. The summed E-state index contributed by atoms with van der Waals surface area (Å²) in [7, 11) is 0. The first-order valence-corrected chi connectivity index (χ1v) is 16.3. The van der Waals surface area contributed by atoms with Crippen molar-refractivity contribution in [2.45, 2.75) is 72.8 Å². The maximum absolute atomic E-state index is 9.26. The minimum absolute atomic E-state index is 0. The van der Waals surface area contributed by atoms with Gasteiger partial charge in [-0.05, 0) is 108 Å². The van der Waals surface area contributed by atoms with Crippen molar-refractivity contribution < 1.29 is 42.3 Å². The van der Waals surface area contributed by atoms with E-state index in [1.54, 1.807) is 30.3 Å². The summed E-state index contributed by atoms with van der Waals surface area (Å²) < 4.78 is 109. The van der Waals surface area contributed by atoms with Crippen LogP contribution in [0.25, 0.3) is 55.6 Å². The van der Waals surface area contributed by atoms with Crippen LogP contribution < -0.4 is 0 Å². The summed E-state index contributed by atoms with van der Waals surface area (Å²) in [5.41, 5.74) is 5.09. The summed E-state index contributed by atoms with van der Waals surface area (Å²) in [6.45, 7) is -5.09. The molecule has 0 amide bonds. The molecule has 0 N–H and O–H groups in total. The van der Waals surface area contributed by atoms with Gasteiger partial charge >= 0.3 is 0 Å². The molecule has 4 aromatic carbocycles. The van der Waals surface area contributed by atoms with Crippen molar-refractivity contribution in [3.8, 4) is 33.6 Å². The van der Waals surface area contributed by atoms with Gasteiger partial charge in [0.25, 0.3) is 0 Å². The smallest absolute Gasteiger partial charge is 0.120 e. The minimum atomic E-state index is -2.50. The summed E-state index contributed by atoms with van der Waals surface area (Å²) in [6.07, 6.45) is 5.68. The van der Waals surface area contributed by atoms with Crippen LogP contribution in [0, 0.1) is 45.0 Å². The predicted molar refractivity (Wildman–Crippen MR) is 204 cm³/mol. The quantitative estimate of drug-likeness (QED) is 0.166. The number of aryl methyl sites for hydroxylation is 4. The summed E-state index contributed by atoms with van der Waals surface area (Å²) in [4.78, 5) is 8.73. The van der Waals surface area contributed by atoms with Crippen molar-refractivity contribution in [3.63, 3.8) is 0 Å². The molecule has 0 saturated heterocycles. The van der Waals surface area contributed by atoms with Crippen molar-refractivity contribution in [1.29, 1.82) is 0 Å². The van der Waals surface area contributed by atoms with Crippen molar-refractivity contribution in [3.05, 3.63) is 143 Å². The summed E-state index contributed by atoms with van der Waals surface area (Å²) in [5, 5.41) is 1.99. The Morgan fingerprint density at radius 1 is 0.760 bits per heavy atom. The molecule has 8 rings (SSSR count). The van der Waals surface area contributed by atoms with Gasteiger partial charge in [0.2, 0.25) is 0 Å². The third-order valence-electron chi connectivity index (χ3n) is 9.30. The molecular weight excluding hydrogens is 789 g/mol. The van der Waals surface area contributed by atoms with E-state index < -0.39 is 33.3 Å². The van der Waals surface area contributed by atoms with Gasteiger partial charge in [-0.2, -0.15) is 0 Å². The molecule has 3 heterocycles. The molecule has 1 fully saturated rings. The van der Waals surface area contributed by atoms with Gasteiger partial charge in [0.15, 0.2) is 0 Å². The topological polar surface area (TPSA) is 38.9 Å². The van der Waals surface area contributed by atoms with Crippen LogP contribution in [0.15, 0.2) is 108 Å². The zero-order valence-electron chi connectivity index (χ0n) is 40.8. The molecule has 0 spiro atoms. The van der Waals surface area contributed by atoms with E-state index in [0.29, 0.717) is 46.5 Å². The number of para-hydroxylation sites is 1. The molecule has 50 heavy (non-hydrogen) atoms. The number of furan rings is 1. The van der Waals surface area contributed by atoms with Gasteiger partial charge in [0.05, 0.1) is 5.58 Å². The van der Waals surface area contributed by atoms with Gasteiger partial charge in [-0.25, -0.2) is 0 Å². The second-order valence-corrected chi connectivity index (χ2v) is 13.2. The fraction of sp³-hybridized carbons (Fsp3) is 0.261. The van der Waals surface area contributed by atoms with E-state index >= 15 is 0 Å². The Bertz CT molecular complexity index is 2740. The molecule has 0 unspecified atom stereocenters. The first kappa shape index (κ1) is 22.4. The van der Waals surface area contributed by atoms with Crippen molar-refractivity contribution in [2.75, 3.05) is 0 Å². The Labute approximate surface area is 328 Å². The van der Waals surface area contributed by atoms with Crippen LogP contribution in [0.3, 0.4) is 0 Å². The molecule has 1 aliphatic rings. The Morgan fingerprint density at radius 3 is 2.30 bits per heavy atom. The number of rotatable bonds is 4. The van der Waals surface area contributed by atoms with E-state index in [1.807, 2.05) is 36.4 Å². The maximum atomic E-state index is 9.26. The number of pyridine rings is 2. The third-order valence-corrected chi connectivity index (χ3v) is 9.30. The van der Waals surface area contributed by atoms with E-state index in [-0.39, 0.29) is 58.9 Å². The number of hydrogen-bond acceptors (Lipinski definition) is 3. The fourth-order valence-corrected chi connectivity index (χ4v) is 6.39. The van der Waals surface area contributed by atoms with E-state index in [0.717, 1.165) is 29.2 Å². The maximum Gasteiger partial charge on any atom is 0.120 e. The number of hydrogen-bond donors (Lipinski definition) is 0. The second-order valence-electron chi connectivity index (χ2n) is 13.2. The Morgan fingerprint density at radius 2 is 1.52 bits per heavy atom. The predicted octanol–water partition coefficient (Wildman–Crippen LogP) is 12.6. The van der Waals surface area contributed by atoms with Gasteiger partial charge in [0, 0.05) is 55.7 Å². The van der Waals surface area contributed by atoms with Crippen molar-refractivity contribution >= 4 is 21.9 Å². The van der Waals surface area contributed by atoms with Gasteiger partial charge in [-0.3, -0.25) is 0 Å². The zero-order valence-corrected chi connectivity index (χ0v) is 30.2. The average Bonchev–Trinajstić information content (AvgIpc) is 3.60. The minimum Gasteiger partial charge on any atom is -0.501 e. The number of nitrogens with zero attached hydrogens (tertiary/aromatic N) is 2. The summed E-state index contributed by atoms with van der Waals surface area (Å²) in [5.74, 6) is -0.946. The standard InChI is InChI=1S/C26H26NO.C20H18N.Ir/c1-17-16-27-23(15-22(17)18-11-13-26(2,3)14-12-18)21-9-6-8-20-19-7-4-5-10-24(19)28-25(20)21;1-14-8-10-17(11-9-14)20-12-19(16(3)13-21-20)18-7-5-4-6-15(18)2;/h4-8,10,15-16,18H,11-14H2,1-3H3;4-10,12-13H,1-3H3;/q2*-1;/i1D3,18D;1D3,2D3,3D3;. The van der Waals surface area contributed by atoms with Crippen LogP contribution in [0.5, 0.6) is 0 Å². The average molecular weight is 846 g/mol. The molecule has 4 heteroatoms. The summed E-state index contributed by atoms with van der Waals surface area (Å²) >= 11 is 0. The first-order valence-electron chi connectivity index (χ1n) is 22.8. The van der Waals surface area contributed by atoms with Crippen molar-refractivity contribution in [1.82, 2.24) is 9.97 Å². The molecule has 3 nitrogen and oxygen atoms in total. The molecule has 0 atom stereocenters. The SMILES string of the molecule is [2H]C([2H])([2H])c1c[c-]c(-c2cc(-c3ccccc3C([2H])([2H])[2H])c(C([2H])([2H])[2H])cn2)cc1.[2H]C([2H])([2H])c1cnc(-c2[c-]ccc3c2oc2ccccc23)cc1C1([2H])CCC(C)(C)CC1.[Ir]. The molecule has 1 aliphatic carbocycles. The van der Waals surface area contributed by atoms with Crippen LogP contribution in [-0.2, 0) is 20.1 Å². The number of aromatic nitrogens is 2. The third kappa shape index (κ3) is 7.38. The molecule has 255 valence electrons. The Balaban J connectivity index is 0.000000207. The van der Waals surface area contributed by atoms with Gasteiger partial charge in [-0.1, -0.05) is 86.2 Å². The fourth-order valence-electron chi connectivity index (χ4n) is 6.39. The molecule has 0 aliphatic heterocycles. The van der Waals surface area contributed by atoms with Crippen LogP contribution >= 0.6 is 0 Å². The van der Waals surface area contributed by atoms with E-state index in [2.05, 4.69) is 35.9 Å². The largest absolute Gasteiger partial charge is 0.501 e. The molecule has 0 bridgehead atoms. The van der Waals surface area contributed by atoms with Crippen molar-refractivity contribution in [2.24, 2.45) is 5.41 Å². The van der Waals surface area contributed by atoms with Gasteiger partial charge in [0.1, 0.15) is 5.58 Å². The van der Waals surface area contributed by atoms with Crippen LogP contribution in [0.2, 0.25) is 0 Å². The molecule has 1 saturated carbocycles. The second kappa shape index (κ2) is 14.9. The van der Waals surface area contributed by atoms with E-state index in [4.69, 9.17) is 20.9 Å². The van der Waals surface area contributed by atoms with E-state index in [1.165, 1.54) is 36.7 Å². The summed E-state index contributed by atoms with van der Waals surface area (Å²) in [6, 6.07) is 31.7.